The Balaban J connectivity index is 1.52. The Morgan fingerprint density at radius 2 is 1.70 bits per heavy atom. The molecule has 0 unspecified atom stereocenters. The van der Waals surface area contributed by atoms with E-state index in [0.29, 0.717) is 6.54 Å². The largest absolute Gasteiger partial charge is 0.493 e. The van der Waals surface area contributed by atoms with E-state index in [1.54, 1.807) is 7.11 Å². The fourth-order valence-corrected chi connectivity index (χ4v) is 4.38. The summed E-state index contributed by atoms with van der Waals surface area (Å²) < 4.78 is 50.2. The van der Waals surface area contributed by atoms with Gasteiger partial charge in [-0.05, 0) is 74.1 Å². The van der Waals surface area contributed by atoms with Crippen LogP contribution in [0.3, 0.4) is 0 Å². The summed E-state index contributed by atoms with van der Waals surface area (Å²) in [5.74, 6) is 1.68. The Bertz CT molecular complexity index is 902. The van der Waals surface area contributed by atoms with Gasteiger partial charge in [-0.3, -0.25) is 0 Å². The fraction of sp³-hybridized carbons (Fsp3) is 0.417. The number of hydrogen-bond donors (Lipinski definition) is 0. The van der Waals surface area contributed by atoms with Gasteiger partial charge in [-0.25, -0.2) is 0 Å². The minimum atomic E-state index is -4.33. The second-order valence-corrected chi connectivity index (χ2v) is 8.06. The molecule has 0 bridgehead atoms. The van der Waals surface area contributed by atoms with E-state index in [1.165, 1.54) is 25.0 Å². The monoisotopic (exact) mass is 417 g/mol. The van der Waals surface area contributed by atoms with E-state index in [9.17, 15) is 13.2 Å². The molecule has 1 saturated carbocycles. The molecule has 6 heteroatoms. The summed E-state index contributed by atoms with van der Waals surface area (Å²) in [7, 11) is 1.64. The highest BCUT2D eigenvalue weighted by molar-refractivity contribution is 5.56. The first-order valence-corrected chi connectivity index (χ1v) is 10.3. The van der Waals surface area contributed by atoms with E-state index in [2.05, 4.69) is 6.58 Å². The zero-order valence-corrected chi connectivity index (χ0v) is 17.0. The Morgan fingerprint density at radius 3 is 2.33 bits per heavy atom. The lowest BCUT2D eigenvalue weighted by Gasteiger charge is -2.21. The molecule has 0 spiro atoms. The molecule has 1 aliphatic heterocycles. The highest BCUT2D eigenvalue weighted by atomic mass is 19.4. The van der Waals surface area contributed by atoms with Crippen molar-refractivity contribution in [2.45, 2.75) is 50.3 Å². The number of ether oxygens (including phenoxy) is 2. The van der Waals surface area contributed by atoms with Crippen molar-refractivity contribution in [1.29, 1.82) is 0 Å². The summed E-state index contributed by atoms with van der Waals surface area (Å²) in [5.41, 5.74) is 2.11. The van der Waals surface area contributed by atoms with Crippen molar-refractivity contribution in [3.8, 4) is 11.5 Å². The maximum absolute atomic E-state index is 12.8. The van der Waals surface area contributed by atoms with Gasteiger partial charge in [0.15, 0.2) is 11.5 Å². The summed E-state index contributed by atoms with van der Waals surface area (Å²) in [4.78, 5) is 1.99. The molecule has 2 aromatic rings. The average molecular weight is 417 g/mol. The van der Waals surface area contributed by atoms with E-state index in [0.717, 1.165) is 59.8 Å². The molecule has 0 aromatic heterocycles. The maximum atomic E-state index is 12.8. The molecule has 1 heterocycles. The fourth-order valence-electron chi connectivity index (χ4n) is 4.38. The number of benzene rings is 2. The van der Waals surface area contributed by atoms with E-state index < -0.39 is 11.7 Å². The molecular formula is C24H26F3NO2. The third-order valence-electron chi connectivity index (χ3n) is 6.03. The van der Waals surface area contributed by atoms with E-state index in [-0.39, 0.29) is 12.0 Å². The van der Waals surface area contributed by atoms with Crippen LogP contribution >= 0.6 is 0 Å². The van der Waals surface area contributed by atoms with Crippen LogP contribution in [0.2, 0.25) is 0 Å². The second kappa shape index (κ2) is 8.25. The van der Waals surface area contributed by atoms with E-state index in [4.69, 9.17) is 9.47 Å². The van der Waals surface area contributed by atoms with Crippen molar-refractivity contribution in [3.63, 3.8) is 0 Å². The summed E-state index contributed by atoms with van der Waals surface area (Å²) >= 11 is 0. The Morgan fingerprint density at radius 1 is 1.00 bits per heavy atom. The van der Waals surface area contributed by atoms with Crippen molar-refractivity contribution < 1.29 is 22.6 Å². The van der Waals surface area contributed by atoms with Crippen LogP contribution in [0.5, 0.6) is 11.5 Å². The van der Waals surface area contributed by atoms with Crippen molar-refractivity contribution in [1.82, 2.24) is 0 Å². The molecule has 30 heavy (non-hydrogen) atoms. The van der Waals surface area contributed by atoms with Crippen LogP contribution in [0.15, 0.2) is 54.7 Å². The number of rotatable bonds is 5. The number of alkyl halides is 3. The third-order valence-corrected chi connectivity index (χ3v) is 6.03. The number of anilines is 1. The van der Waals surface area contributed by atoms with Crippen LogP contribution in [-0.2, 0) is 6.18 Å². The molecular weight excluding hydrogens is 391 g/mol. The maximum Gasteiger partial charge on any atom is 0.416 e. The topological polar surface area (TPSA) is 21.7 Å². The van der Waals surface area contributed by atoms with Crippen LogP contribution in [-0.4, -0.2) is 19.8 Å². The molecule has 0 amide bonds. The molecule has 3 nitrogen and oxygen atoms in total. The van der Waals surface area contributed by atoms with Gasteiger partial charge in [0.1, 0.15) is 0 Å². The number of allylic oxidation sites excluding steroid dienone is 1. The van der Waals surface area contributed by atoms with Gasteiger partial charge in [-0.2, -0.15) is 13.2 Å². The Labute approximate surface area is 175 Å². The summed E-state index contributed by atoms with van der Waals surface area (Å²) in [6.45, 7) is 4.81. The van der Waals surface area contributed by atoms with Gasteiger partial charge in [-0.1, -0.05) is 12.6 Å². The normalized spacial score (nSPS) is 20.1. The van der Waals surface area contributed by atoms with Gasteiger partial charge >= 0.3 is 6.18 Å². The molecule has 4 rings (SSSR count). The lowest BCUT2D eigenvalue weighted by atomic mass is 9.97. The van der Waals surface area contributed by atoms with E-state index in [1.807, 2.05) is 23.1 Å². The molecule has 2 fully saturated rings. The smallest absolute Gasteiger partial charge is 0.416 e. The van der Waals surface area contributed by atoms with Gasteiger partial charge in [0.2, 0.25) is 0 Å². The molecule has 0 N–H and O–H groups in total. The number of nitrogens with zero attached hydrogens (tertiary/aromatic N) is 1. The van der Waals surface area contributed by atoms with Gasteiger partial charge in [0.25, 0.3) is 0 Å². The lowest BCUT2D eigenvalue weighted by molar-refractivity contribution is -0.137. The number of hydrogen-bond acceptors (Lipinski definition) is 3. The van der Waals surface area contributed by atoms with Gasteiger partial charge in [-0.15, -0.1) is 0 Å². The van der Waals surface area contributed by atoms with Crippen molar-refractivity contribution in [2.24, 2.45) is 0 Å². The first kappa shape index (κ1) is 20.6. The minimum Gasteiger partial charge on any atom is -0.493 e. The molecule has 2 aromatic carbocycles. The van der Waals surface area contributed by atoms with Crippen LogP contribution in [0.1, 0.15) is 49.1 Å². The molecule has 160 valence electrons. The summed E-state index contributed by atoms with van der Waals surface area (Å²) in [6.07, 6.45) is 1.16. The average Bonchev–Trinajstić information content (AvgIpc) is 3.37. The molecule has 0 radical (unpaired) electrons. The van der Waals surface area contributed by atoms with Crippen LogP contribution in [0.25, 0.3) is 0 Å². The molecule has 2 aliphatic rings. The van der Waals surface area contributed by atoms with E-state index >= 15 is 0 Å². The second-order valence-electron chi connectivity index (χ2n) is 8.06. The zero-order valence-electron chi connectivity index (χ0n) is 17.0. The highest BCUT2D eigenvalue weighted by Crippen LogP contribution is 2.41. The Hall–Kier alpha value is -2.63. The summed E-state index contributed by atoms with van der Waals surface area (Å²) in [5, 5.41) is 0. The van der Waals surface area contributed by atoms with Crippen LogP contribution < -0.4 is 14.4 Å². The van der Waals surface area contributed by atoms with Crippen molar-refractivity contribution in [3.05, 3.63) is 65.9 Å². The SMILES string of the molecule is C=C1C[C@H](c2ccc(OC)c(OC3CCCC3)c2)CN1c1ccc(C(F)(F)F)cc1. The highest BCUT2D eigenvalue weighted by Gasteiger charge is 2.32. The first-order valence-electron chi connectivity index (χ1n) is 10.3. The molecule has 1 atom stereocenters. The summed E-state index contributed by atoms with van der Waals surface area (Å²) in [6, 6.07) is 11.3. The predicted molar refractivity (Wildman–Crippen MR) is 111 cm³/mol. The molecule has 1 aliphatic carbocycles. The standard InChI is InChI=1S/C24H26F3NO2/c1-16-13-18(15-28(16)20-10-8-19(9-11-20)24(25,26)27)17-7-12-22(29-2)23(14-17)30-21-5-3-4-6-21/h7-12,14,18,21H,1,3-6,13,15H2,2H3/t18-/m0/s1. The first-order chi connectivity index (χ1) is 14.3. The van der Waals surface area contributed by atoms with Gasteiger partial charge < -0.3 is 14.4 Å². The lowest BCUT2D eigenvalue weighted by Crippen LogP contribution is -2.18. The number of methoxy groups -OCH3 is 1. The number of halogens is 3. The quantitative estimate of drug-likeness (QED) is 0.551. The van der Waals surface area contributed by atoms with Gasteiger partial charge in [0, 0.05) is 23.8 Å². The third kappa shape index (κ3) is 4.27. The molecule has 1 saturated heterocycles. The van der Waals surface area contributed by atoms with Crippen molar-refractivity contribution >= 4 is 5.69 Å². The van der Waals surface area contributed by atoms with Crippen LogP contribution in [0, 0.1) is 0 Å². The zero-order chi connectivity index (χ0) is 21.3. The van der Waals surface area contributed by atoms with Crippen LogP contribution in [0.4, 0.5) is 18.9 Å². The van der Waals surface area contributed by atoms with Crippen molar-refractivity contribution in [2.75, 3.05) is 18.6 Å². The minimum absolute atomic E-state index is 0.191. The predicted octanol–water partition coefficient (Wildman–Crippen LogP) is 6.54. The Kier molecular flexibility index (Phi) is 5.67. The van der Waals surface area contributed by atoms with Gasteiger partial charge in [0.05, 0.1) is 18.8 Å².